The van der Waals surface area contributed by atoms with Crippen molar-refractivity contribution in [2.75, 3.05) is 7.11 Å². The van der Waals surface area contributed by atoms with Crippen LogP contribution < -0.4 is 16.0 Å². The molecule has 0 aliphatic rings. The third-order valence-corrected chi connectivity index (χ3v) is 2.96. The molecule has 0 amide bonds. The van der Waals surface area contributed by atoms with Gasteiger partial charge in [0.2, 0.25) is 0 Å². The van der Waals surface area contributed by atoms with E-state index in [0.717, 1.165) is 0 Å². The van der Waals surface area contributed by atoms with Crippen LogP contribution >= 0.6 is 11.6 Å². The molecule has 1 atom stereocenters. The highest BCUT2D eigenvalue weighted by atomic mass is 35.5. The fourth-order valence-corrected chi connectivity index (χ4v) is 1.97. The van der Waals surface area contributed by atoms with Crippen LogP contribution in [-0.4, -0.2) is 13.3 Å². The Labute approximate surface area is 114 Å². The first-order valence-electron chi connectivity index (χ1n) is 5.73. The molecule has 0 aliphatic heterocycles. The number of alkyl halides is 3. The number of benzene rings is 1. The van der Waals surface area contributed by atoms with Gasteiger partial charge in [0.05, 0.1) is 7.11 Å². The van der Waals surface area contributed by atoms with E-state index in [9.17, 15) is 13.2 Å². The Morgan fingerprint density at radius 3 is 2.63 bits per heavy atom. The molecule has 1 aromatic rings. The van der Waals surface area contributed by atoms with Gasteiger partial charge in [-0.05, 0) is 25.0 Å². The zero-order valence-corrected chi connectivity index (χ0v) is 11.2. The number of hydrazine groups is 1. The van der Waals surface area contributed by atoms with E-state index in [1.54, 1.807) is 18.2 Å². The van der Waals surface area contributed by atoms with Crippen LogP contribution in [0.25, 0.3) is 0 Å². The summed E-state index contributed by atoms with van der Waals surface area (Å²) >= 11 is 5.83. The lowest BCUT2D eigenvalue weighted by Gasteiger charge is -2.19. The number of rotatable bonds is 6. The van der Waals surface area contributed by atoms with Crippen molar-refractivity contribution in [3.8, 4) is 5.75 Å². The van der Waals surface area contributed by atoms with Crippen LogP contribution in [0.2, 0.25) is 5.02 Å². The van der Waals surface area contributed by atoms with Gasteiger partial charge in [0, 0.05) is 23.0 Å². The summed E-state index contributed by atoms with van der Waals surface area (Å²) in [5.41, 5.74) is 3.20. The van der Waals surface area contributed by atoms with Gasteiger partial charge in [-0.1, -0.05) is 17.7 Å². The predicted octanol–water partition coefficient (Wildman–Crippen LogP) is 3.59. The van der Waals surface area contributed by atoms with Gasteiger partial charge in [-0.15, -0.1) is 0 Å². The summed E-state index contributed by atoms with van der Waals surface area (Å²) in [5.74, 6) is 5.90. The summed E-state index contributed by atoms with van der Waals surface area (Å²) in [6, 6.07) is 4.53. The highest BCUT2D eigenvalue weighted by molar-refractivity contribution is 6.30. The molecule has 3 nitrogen and oxygen atoms in total. The van der Waals surface area contributed by atoms with Crippen LogP contribution in [0.4, 0.5) is 13.2 Å². The number of halogens is 4. The molecule has 3 N–H and O–H groups in total. The molecule has 0 aromatic heterocycles. The Hall–Kier alpha value is -0.980. The Kier molecular flexibility index (Phi) is 5.90. The van der Waals surface area contributed by atoms with Crippen molar-refractivity contribution >= 4 is 11.6 Å². The first-order valence-corrected chi connectivity index (χ1v) is 6.11. The lowest BCUT2D eigenvalue weighted by atomic mass is 10.0. The molecule has 7 heteroatoms. The average Bonchev–Trinajstić information content (AvgIpc) is 2.34. The highest BCUT2D eigenvalue weighted by Crippen LogP contribution is 2.32. The van der Waals surface area contributed by atoms with E-state index in [2.05, 4.69) is 5.43 Å². The summed E-state index contributed by atoms with van der Waals surface area (Å²) in [7, 11) is 1.47. The number of nitrogens with one attached hydrogen (secondary N) is 1. The van der Waals surface area contributed by atoms with Crippen molar-refractivity contribution in [3.63, 3.8) is 0 Å². The SMILES string of the molecule is COc1cc(Cl)ccc1C(CCCC(F)(F)F)NN. The minimum atomic E-state index is -4.15. The Morgan fingerprint density at radius 2 is 2.11 bits per heavy atom. The molecule has 1 unspecified atom stereocenters. The van der Waals surface area contributed by atoms with Gasteiger partial charge in [0.1, 0.15) is 5.75 Å². The molecule has 0 bridgehead atoms. The zero-order chi connectivity index (χ0) is 14.5. The van der Waals surface area contributed by atoms with Gasteiger partial charge in [-0.25, -0.2) is 0 Å². The number of methoxy groups -OCH3 is 1. The van der Waals surface area contributed by atoms with Gasteiger partial charge in [0.15, 0.2) is 0 Å². The van der Waals surface area contributed by atoms with Crippen LogP contribution in [0.5, 0.6) is 5.75 Å². The van der Waals surface area contributed by atoms with Gasteiger partial charge < -0.3 is 4.74 Å². The van der Waals surface area contributed by atoms with E-state index in [1.165, 1.54) is 7.11 Å². The van der Waals surface area contributed by atoms with Crippen molar-refractivity contribution in [1.29, 1.82) is 0 Å². The Bertz CT molecular complexity index is 412. The van der Waals surface area contributed by atoms with E-state index < -0.39 is 18.6 Å². The zero-order valence-electron chi connectivity index (χ0n) is 10.4. The third-order valence-electron chi connectivity index (χ3n) is 2.73. The normalized spacial score (nSPS) is 13.4. The Morgan fingerprint density at radius 1 is 1.42 bits per heavy atom. The lowest BCUT2D eigenvalue weighted by molar-refractivity contribution is -0.135. The first kappa shape index (κ1) is 16.1. The first-order chi connectivity index (χ1) is 8.87. The molecule has 0 aliphatic carbocycles. The maximum Gasteiger partial charge on any atom is 0.389 e. The summed E-state index contributed by atoms with van der Waals surface area (Å²) in [5, 5.41) is 0.492. The van der Waals surface area contributed by atoms with Crippen LogP contribution in [-0.2, 0) is 0 Å². The van der Waals surface area contributed by atoms with Crippen molar-refractivity contribution in [2.45, 2.75) is 31.5 Å². The number of ether oxygens (including phenoxy) is 1. The summed E-state index contributed by atoms with van der Waals surface area (Å²) in [6.07, 6.45) is -4.73. The van der Waals surface area contributed by atoms with Crippen LogP contribution in [0.3, 0.4) is 0 Å². The number of hydrogen-bond acceptors (Lipinski definition) is 3. The quantitative estimate of drug-likeness (QED) is 0.623. The Balaban J connectivity index is 2.74. The highest BCUT2D eigenvalue weighted by Gasteiger charge is 2.27. The molecule has 0 fully saturated rings. The van der Waals surface area contributed by atoms with E-state index in [-0.39, 0.29) is 12.8 Å². The summed E-state index contributed by atoms with van der Waals surface area (Å²) in [6.45, 7) is 0. The summed E-state index contributed by atoms with van der Waals surface area (Å²) in [4.78, 5) is 0. The monoisotopic (exact) mass is 296 g/mol. The molecule has 1 rings (SSSR count). The van der Waals surface area contributed by atoms with E-state index >= 15 is 0 Å². The molecule has 108 valence electrons. The van der Waals surface area contributed by atoms with Gasteiger partial charge in [0.25, 0.3) is 0 Å². The summed E-state index contributed by atoms with van der Waals surface area (Å²) < 4.78 is 41.5. The van der Waals surface area contributed by atoms with E-state index in [1.807, 2.05) is 0 Å². The fourth-order valence-electron chi connectivity index (χ4n) is 1.81. The molecule has 19 heavy (non-hydrogen) atoms. The average molecular weight is 297 g/mol. The molecule has 0 saturated carbocycles. The second kappa shape index (κ2) is 6.98. The van der Waals surface area contributed by atoms with Gasteiger partial charge in [-0.2, -0.15) is 13.2 Å². The predicted molar refractivity (Wildman–Crippen MR) is 68.0 cm³/mol. The maximum atomic E-state index is 12.1. The minimum absolute atomic E-state index is 0.00977. The van der Waals surface area contributed by atoms with E-state index in [0.29, 0.717) is 16.3 Å². The fraction of sp³-hybridized carbons (Fsp3) is 0.500. The maximum absolute atomic E-state index is 12.1. The molecule has 0 heterocycles. The van der Waals surface area contributed by atoms with Crippen molar-refractivity contribution in [3.05, 3.63) is 28.8 Å². The van der Waals surface area contributed by atoms with E-state index in [4.69, 9.17) is 22.2 Å². The van der Waals surface area contributed by atoms with Gasteiger partial charge >= 0.3 is 6.18 Å². The minimum Gasteiger partial charge on any atom is -0.496 e. The van der Waals surface area contributed by atoms with Crippen molar-refractivity contribution in [2.24, 2.45) is 5.84 Å². The molecule has 0 saturated heterocycles. The second-order valence-corrected chi connectivity index (χ2v) is 4.55. The largest absolute Gasteiger partial charge is 0.496 e. The number of hydrogen-bond donors (Lipinski definition) is 2. The lowest BCUT2D eigenvalue weighted by Crippen LogP contribution is -2.28. The smallest absolute Gasteiger partial charge is 0.389 e. The molecule has 1 aromatic carbocycles. The second-order valence-electron chi connectivity index (χ2n) is 4.11. The topological polar surface area (TPSA) is 47.3 Å². The van der Waals surface area contributed by atoms with Crippen molar-refractivity contribution < 1.29 is 17.9 Å². The molecular formula is C12H16ClF3N2O. The standard InChI is InChI=1S/C12H16ClF3N2O/c1-19-11-7-8(13)4-5-9(11)10(18-17)3-2-6-12(14,15)16/h4-5,7,10,18H,2-3,6,17H2,1H3. The molecule has 0 spiro atoms. The number of nitrogens with two attached hydrogens (primary N) is 1. The van der Waals surface area contributed by atoms with Crippen LogP contribution in [0, 0.1) is 0 Å². The third kappa shape index (κ3) is 5.26. The van der Waals surface area contributed by atoms with Crippen LogP contribution in [0.1, 0.15) is 30.9 Å². The van der Waals surface area contributed by atoms with Gasteiger partial charge in [-0.3, -0.25) is 11.3 Å². The molecule has 0 radical (unpaired) electrons. The molecular weight excluding hydrogens is 281 g/mol. The van der Waals surface area contributed by atoms with Crippen molar-refractivity contribution in [1.82, 2.24) is 5.43 Å². The van der Waals surface area contributed by atoms with Crippen LogP contribution in [0.15, 0.2) is 18.2 Å².